The Bertz CT molecular complexity index is 381. The third kappa shape index (κ3) is 2.15. The number of carbonyl (C=O) groups excluding carboxylic acids is 1. The molecule has 0 amide bonds. The molecule has 16 heavy (non-hydrogen) atoms. The molecule has 1 aliphatic rings. The maximum Gasteiger partial charge on any atom is 0.213 e. The Morgan fingerprint density at radius 1 is 1.50 bits per heavy atom. The van der Waals surface area contributed by atoms with Crippen LogP contribution in [0.5, 0.6) is 0 Å². The summed E-state index contributed by atoms with van der Waals surface area (Å²) in [6, 6.07) is 0. The molecule has 1 aromatic heterocycles. The molecular formula is C11H16N2O3. The molecule has 0 spiro atoms. The van der Waals surface area contributed by atoms with Crippen molar-refractivity contribution in [1.82, 2.24) is 4.98 Å². The van der Waals surface area contributed by atoms with Crippen LogP contribution in [0.15, 0.2) is 4.42 Å². The van der Waals surface area contributed by atoms with Crippen molar-refractivity contribution in [3.8, 4) is 0 Å². The molecule has 0 aromatic carbocycles. The first kappa shape index (κ1) is 11.3. The summed E-state index contributed by atoms with van der Waals surface area (Å²) in [4.78, 5) is 15.8. The average Bonchev–Trinajstić information content (AvgIpc) is 2.71. The van der Waals surface area contributed by atoms with Gasteiger partial charge in [-0.2, -0.15) is 0 Å². The second-order valence-electron chi connectivity index (χ2n) is 3.98. The number of aromatic nitrogens is 1. The van der Waals surface area contributed by atoms with Gasteiger partial charge < -0.3 is 14.9 Å². The van der Waals surface area contributed by atoms with Gasteiger partial charge in [0.05, 0.1) is 12.2 Å². The Balaban J connectivity index is 2.19. The molecule has 0 saturated carbocycles. The second kappa shape index (κ2) is 4.76. The zero-order chi connectivity index (χ0) is 11.5. The van der Waals surface area contributed by atoms with E-state index in [2.05, 4.69) is 4.98 Å². The van der Waals surface area contributed by atoms with Gasteiger partial charge in [0, 0.05) is 19.1 Å². The van der Waals surface area contributed by atoms with Crippen molar-refractivity contribution < 1.29 is 13.9 Å². The van der Waals surface area contributed by atoms with E-state index in [0.717, 1.165) is 26.1 Å². The molecule has 1 aliphatic heterocycles. The van der Waals surface area contributed by atoms with Crippen LogP contribution in [0.2, 0.25) is 0 Å². The van der Waals surface area contributed by atoms with Crippen LogP contribution in [0.4, 0.5) is 0 Å². The Morgan fingerprint density at radius 3 is 2.81 bits per heavy atom. The summed E-state index contributed by atoms with van der Waals surface area (Å²) in [6.45, 7) is 3.19. The minimum Gasteiger partial charge on any atom is -0.437 e. The van der Waals surface area contributed by atoms with E-state index in [4.69, 9.17) is 14.9 Å². The van der Waals surface area contributed by atoms with Crippen molar-refractivity contribution in [3.05, 3.63) is 17.3 Å². The number of aryl methyl sites for hydroxylation is 1. The van der Waals surface area contributed by atoms with Crippen LogP contribution in [-0.4, -0.2) is 30.5 Å². The molecule has 2 heterocycles. The normalized spacial score (nSPS) is 17.6. The van der Waals surface area contributed by atoms with Crippen LogP contribution in [0, 0.1) is 6.92 Å². The van der Waals surface area contributed by atoms with Crippen LogP contribution in [0.3, 0.4) is 0 Å². The quantitative estimate of drug-likeness (QED) is 0.775. The minimum absolute atomic E-state index is 0.0384. The number of rotatable bonds is 3. The lowest BCUT2D eigenvalue weighted by molar-refractivity contribution is 0.0786. The summed E-state index contributed by atoms with van der Waals surface area (Å²) in [7, 11) is 0. The lowest BCUT2D eigenvalue weighted by atomic mass is 10.0. The zero-order valence-corrected chi connectivity index (χ0v) is 9.36. The number of nitrogens with zero attached hydrogens (tertiary/aromatic N) is 1. The van der Waals surface area contributed by atoms with Gasteiger partial charge in [0.2, 0.25) is 5.78 Å². The summed E-state index contributed by atoms with van der Waals surface area (Å²) < 4.78 is 10.8. The standard InChI is InChI=1S/C11H16N2O3/c1-7-10(9(14)6-12)16-11(13-7)8-2-4-15-5-3-8/h8H,2-6,12H2,1H3. The SMILES string of the molecule is Cc1nc(C2CCOCC2)oc1C(=O)CN. The number of oxazole rings is 1. The van der Waals surface area contributed by atoms with E-state index in [0.29, 0.717) is 17.3 Å². The minimum atomic E-state index is -0.191. The van der Waals surface area contributed by atoms with Gasteiger partial charge in [-0.1, -0.05) is 0 Å². The monoisotopic (exact) mass is 224 g/mol. The van der Waals surface area contributed by atoms with E-state index in [1.807, 2.05) is 0 Å². The fraction of sp³-hybridized carbons (Fsp3) is 0.636. The highest BCUT2D eigenvalue weighted by Crippen LogP contribution is 2.27. The zero-order valence-electron chi connectivity index (χ0n) is 9.36. The predicted molar refractivity (Wildman–Crippen MR) is 57.4 cm³/mol. The van der Waals surface area contributed by atoms with Gasteiger partial charge in [0.1, 0.15) is 0 Å². The van der Waals surface area contributed by atoms with Gasteiger partial charge in [-0.05, 0) is 19.8 Å². The third-order valence-corrected chi connectivity index (χ3v) is 2.82. The largest absolute Gasteiger partial charge is 0.437 e. The predicted octanol–water partition coefficient (Wildman–Crippen LogP) is 1.02. The third-order valence-electron chi connectivity index (χ3n) is 2.82. The first-order chi connectivity index (χ1) is 7.72. The van der Waals surface area contributed by atoms with Crippen molar-refractivity contribution in [1.29, 1.82) is 0 Å². The fourth-order valence-corrected chi connectivity index (χ4v) is 1.89. The van der Waals surface area contributed by atoms with E-state index in [1.165, 1.54) is 0 Å². The number of carbonyl (C=O) groups is 1. The van der Waals surface area contributed by atoms with Crippen molar-refractivity contribution in [2.75, 3.05) is 19.8 Å². The van der Waals surface area contributed by atoms with Crippen molar-refractivity contribution in [2.24, 2.45) is 5.73 Å². The van der Waals surface area contributed by atoms with E-state index >= 15 is 0 Å². The number of hydrogen-bond acceptors (Lipinski definition) is 5. The topological polar surface area (TPSA) is 78.4 Å². The maximum absolute atomic E-state index is 11.4. The van der Waals surface area contributed by atoms with Gasteiger partial charge in [-0.25, -0.2) is 4.98 Å². The summed E-state index contributed by atoms with van der Waals surface area (Å²) in [6.07, 6.45) is 1.80. The van der Waals surface area contributed by atoms with Crippen molar-refractivity contribution >= 4 is 5.78 Å². The lowest BCUT2D eigenvalue weighted by Gasteiger charge is -2.18. The van der Waals surface area contributed by atoms with Crippen LogP contribution in [0.25, 0.3) is 0 Å². The van der Waals surface area contributed by atoms with Crippen LogP contribution in [0.1, 0.15) is 40.9 Å². The fourth-order valence-electron chi connectivity index (χ4n) is 1.89. The van der Waals surface area contributed by atoms with Crippen LogP contribution < -0.4 is 5.73 Å². The summed E-state index contributed by atoms with van der Waals surface area (Å²) in [5.74, 6) is 1.04. The highest BCUT2D eigenvalue weighted by molar-refractivity contribution is 5.95. The number of hydrogen-bond donors (Lipinski definition) is 1. The summed E-state index contributed by atoms with van der Waals surface area (Å²) in [5, 5.41) is 0. The van der Waals surface area contributed by atoms with Crippen LogP contribution >= 0.6 is 0 Å². The molecule has 0 unspecified atom stereocenters. The van der Waals surface area contributed by atoms with Crippen molar-refractivity contribution in [3.63, 3.8) is 0 Å². The molecule has 5 nitrogen and oxygen atoms in total. The summed E-state index contributed by atoms with van der Waals surface area (Å²) >= 11 is 0. The highest BCUT2D eigenvalue weighted by atomic mass is 16.5. The Labute approximate surface area is 94.0 Å². The molecule has 1 fully saturated rings. The Kier molecular flexibility index (Phi) is 3.36. The molecular weight excluding hydrogens is 208 g/mol. The Hall–Kier alpha value is -1.20. The molecule has 88 valence electrons. The number of ketones is 1. The maximum atomic E-state index is 11.4. The number of ether oxygens (including phenoxy) is 1. The smallest absolute Gasteiger partial charge is 0.213 e. The highest BCUT2D eigenvalue weighted by Gasteiger charge is 2.24. The molecule has 0 atom stereocenters. The van der Waals surface area contributed by atoms with Crippen molar-refractivity contribution in [2.45, 2.75) is 25.7 Å². The Morgan fingerprint density at radius 2 is 2.19 bits per heavy atom. The molecule has 0 bridgehead atoms. The van der Waals surface area contributed by atoms with Gasteiger partial charge >= 0.3 is 0 Å². The van der Waals surface area contributed by atoms with Gasteiger partial charge in [-0.15, -0.1) is 0 Å². The van der Waals surface area contributed by atoms with Gasteiger partial charge in [0.25, 0.3) is 0 Å². The van der Waals surface area contributed by atoms with E-state index in [1.54, 1.807) is 6.92 Å². The van der Waals surface area contributed by atoms with E-state index < -0.39 is 0 Å². The van der Waals surface area contributed by atoms with Crippen LogP contribution in [-0.2, 0) is 4.74 Å². The van der Waals surface area contributed by atoms with E-state index in [9.17, 15) is 4.79 Å². The van der Waals surface area contributed by atoms with Gasteiger partial charge in [0.15, 0.2) is 11.7 Å². The lowest BCUT2D eigenvalue weighted by Crippen LogP contribution is -2.14. The number of Topliss-reactive ketones (excluding diaryl/α,β-unsaturated/α-hetero) is 1. The molecule has 2 rings (SSSR count). The summed E-state index contributed by atoms with van der Waals surface area (Å²) in [5.41, 5.74) is 5.94. The molecule has 0 aliphatic carbocycles. The van der Waals surface area contributed by atoms with E-state index in [-0.39, 0.29) is 18.2 Å². The molecule has 1 aromatic rings. The van der Waals surface area contributed by atoms with Gasteiger partial charge in [-0.3, -0.25) is 4.79 Å². The average molecular weight is 224 g/mol. The first-order valence-electron chi connectivity index (χ1n) is 5.50. The molecule has 2 N–H and O–H groups in total. The molecule has 1 saturated heterocycles. The molecule has 0 radical (unpaired) electrons. The second-order valence-corrected chi connectivity index (χ2v) is 3.98. The number of nitrogens with two attached hydrogens (primary N) is 1. The molecule has 5 heteroatoms. The first-order valence-corrected chi connectivity index (χ1v) is 5.50.